The highest BCUT2D eigenvalue weighted by atomic mass is 16.7. The van der Waals surface area contributed by atoms with Gasteiger partial charge in [0, 0.05) is 11.5 Å². The zero-order valence-corrected chi connectivity index (χ0v) is 13.3. The van der Waals surface area contributed by atoms with Crippen molar-refractivity contribution in [3.05, 3.63) is 59.7 Å². The lowest BCUT2D eigenvalue weighted by Gasteiger charge is -2.51. The minimum absolute atomic E-state index is 0.132. The first kappa shape index (κ1) is 15.5. The molecule has 4 rings (SSSR count). The van der Waals surface area contributed by atoms with E-state index in [2.05, 4.69) is 6.07 Å². The van der Waals surface area contributed by atoms with Crippen molar-refractivity contribution in [2.45, 2.75) is 18.0 Å². The standard InChI is InChI=1S/C19H16N2O4/c20-9-14-18(12-4-2-1-3-5-12)15(10-22)21(14)19(23)13-6-7-16-17(8-13)25-11-24-16/h1-8,14-15,18,22H,10-11H2/t14-,15+,18-/m1/s1. The number of fused-ring (bicyclic) bond motifs is 1. The molecule has 0 aromatic heterocycles. The average molecular weight is 336 g/mol. The Morgan fingerprint density at radius 3 is 2.68 bits per heavy atom. The molecule has 0 aliphatic carbocycles. The van der Waals surface area contributed by atoms with Gasteiger partial charge in [0.25, 0.3) is 5.91 Å². The molecule has 0 saturated carbocycles. The molecule has 25 heavy (non-hydrogen) atoms. The van der Waals surface area contributed by atoms with E-state index in [0.717, 1.165) is 5.56 Å². The number of amides is 1. The van der Waals surface area contributed by atoms with Gasteiger partial charge in [-0.2, -0.15) is 5.26 Å². The number of benzene rings is 2. The highest BCUT2D eigenvalue weighted by Gasteiger charge is 2.51. The maximum absolute atomic E-state index is 12.9. The number of aliphatic hydroxyl groups excluding tert-OH is 1. The van der Waals surface area contributed by atoms with Crippen molar-refractivity contribution in [3.8, 4) is 17.6 Å². The normalized spacial score (nSPS) is 23.7. The predicted molar refractivity (Wildman–Crippen MR) is 88.2 cm³/mol. The van der Waals surface area contributed by atoms with Crippen LogP contribution in [0.5, 0.6) is 11.5 Å². The first-order valence-electron chi connectivity index (χ1n) is 8.02. The lowest BCUT2D eigenvalue weighted by atomic mass is 9.75. The molecule has 1 saturated heterocycles. The quantitative estimate of drug-likeness (QED) is 0.926. The van der Waals surface area contributed by atoms with E-state index < -0.39 is 12.1 Å². The van der Waals surface area contributed by atoms with E-state index in [-0.39, 0.29) is 25.2 Å². The molecule has 2 aromatic carbocycles. The number of hydrogen-bond donors (Lipinski definition) is 1. The van der Waals surface area contributed by atoms with Gasteiger partial charge in [-0.3, -0.25) is 4.79 Å². The van der Waals surface area contributed by atoms with Crippen LogP contribution in [0.2, 0.25) is 0 Å². The van der Waals surface area contributed by atoms with Crippen LogP contribution < -0.4 is 9.47 Å². The Balaban J connectivity index is 1.63. The van der Waals surface area contributed by atoms with Gasteiger partial charge in [-0.15, -0.1) is 0 Å². The smallest absolute Gasteiger partial charge is 0.255 e. The summed E-state index contributed by atoms with van der Waals surface area (Å²) >= 11 is 0. The Bertz CT molecular complexity index is 846. The molecule has 2 aliphatic heterocycles. The van der Waals surface area contributed by atoms with Gasteiger partial charge in [-0.25, -0.2) is 0 Å². The number of aliphatic hydroxyl groups is 1. The number of carbonyl (C=O) groups excluding carboxylic acids is 1. The molecule has 0 unspecified atom stereocenters. The number of nitrogens with zero attached hydrogens (tertiary/aromatic N) is 2. The Morgan fingerprint density at radius 2 is 1.96 bits per heavy atom. The van der Waals surface area contributed by atoms with Gasteiger partial charge >= 0.3 is 0 Å². The zero-order chi connectivity index (χ0) is 17.4. The molecule has 6 heteroatoms. The molecule has 2 heterocycles. The van der Waals surface area contributed by atoms with E-state index in [4.69, 9.17) is 9.47 Å². The molecular weight excluding hydrogens is 320 g/mol. The van der Waals surface area contributed by atoms with Gasteiger partial charge < -0.3 is 19.5 Å². The molecule has 2 aromatic rings. The molecular formula is C19H16N2O4. The summed E-state index contributed by atoms with van der Waals surface area (Å²) in [6.45, 7) is -0.0686. The maximum atomic E-state index is 12.9. The van der Waals surface area contributed by atoms with E-state index in [0.29, 0.717) is 17.1 Å². The van der Waals surface area contributed by atoms with Crippen LogP contribution in [0.15, 0.2) is 48.5 Å². The van der Waals surface area contributed by atoms with Crippen molar-refractivity contribution in [1.82, 2.24) is 4.90 Å². The molecule has 3 atom stereocenters. The van der Waals surface area contributed by atoms with Crippen molar-refractivity contribution in [3.63, 3.8) is 0 Å². The average Bonchev–Trinajstić information content (AvgIpc) is 3.10. The first-order valence-corrected chi connectivity index (χ1v) is 8.02. The van der Waals surface area contributed by atoms with Gasteiger partial charge in [0.15, 0.2) is 11.5 Å². The van der Waals surface area contributed by atoms with Crippen LogP contribution in [0.4, 0.5) is 0 Å². The summed E-state index contributed by atoms with van der Waals surface area (Å²) in [5, 5.41) is 19.4. The summed E-state index contributed by atoms with van der Waals surface area (Å²) in [5.41, 5.74) is 1.36. The highest BCUT2D eigenvalue weighted by molar-refractivity contribution is 5.96. The lowest BCUT2D eigenvalue weighted by molar-refractivity contribution is -0.00586. The van der Waals surface area contributed by atoms with E-state index in [1.165, 1.54) is 4.90 Å². The SMILES string of the molecule is N#C[C@@H]1[C@@H](c2ccccc2)[C@H](CO)N1C(=O)c1ccc2c(c1)OCO2. The second-order valence-corrected chi connectivity index (χ2v) is 6.04. The van der Waals surface area contributed by atoms with E-state index in [9.17, 15) is 15.2 Å². The Kier molecular flexibility index (Phi) is 3.79. The van der Waals surface area contributed by atoms with E-state index in [1.807, 2.05) is 30.3 Å². The number of hydrogen-bond acceptors (Lipinski definition) is 5. The third-order valence-electron chi connectivity index (χ3n) is 4.77. The van der Waals surface area contributed by atoms with Gasteiger partial charge in [0.05, 0.1) is 18.7 Å². The van der Waals surface area contributed by atoms with Crippen molar-refractivity contribution in [1.29, 1.82) is 5.26 Å². The molecule has 1 fully saturated rings. The van der Waals surface area contributed by atoms with Crippen LogP contribution in [-0.4, -0.2) is 41.4 Å². The molecule has 0 spiro atoms. The fourth-order valence-electron chi connectivity index (χ4n) is 3.54. The molecule has 0 bridgehead atoms. The first-order chi connectivity index (χ1) is 12.2. The number of ether oxygens (including phenoxy) is 2. The van der Waals surface area contributed by atoms with Crippen molar-refractivity contribution in [2.75, 3.05) is 13.4 Å². The summed E-state index contributed by atoms with van der Waals surface area (Å²) in [6, 6.07) is 15.6. The van der Waals surface area contributed by atoms with Gasteiger partial charge in [-0.05, 0) is 23.8 Å². The number of likely N-dealkylation sites (tertiary alicyclic amines) is 1. The molecule has 1 amide bonds. The van der Waals surface area contributed by atoms with Crippen molar-refractivity contribution < 1.29 is 19.4 Å². The zero-order valence-electron chi connectivity index (χ0n) is 13.3. The van der Waals surface area contributed by atoms with Crippen LogP contribution >= 0.6 is 0 Å². The Morgan fingerprint density at radius 1 is 1.20 bits per heavy atom. The predicted octanol–water partition coefficient (Wildman–Crippen LogP) is 1.91. The van der Waals surface area contributed by atoms with Crippen molar-refractivity contribution in [2.24, 2.45) is 0 Å². The molecule has 0 radical (unpaired) electrons. The van der Waals surface area contributed by atoms with Crippen LogP contribution in [-0.2, 0) is 0 Å². The monoisotopic (exact) mass is 336 g/mol. The summed E-state index contributed by atoms with van der Waals surface area (Å²) in [6.07, 6.45) is 0. The third-order valence-corrected chi connectivity index (χ3v) is 4.77. The second-order valence-electron chi connectivity index (χ2n) is 6.04. The van der Waals surface area contributed by atoms with Gasteiger partial charge in [0.1, 0.15) is 6.04 Å². The van der Waals surface area contributed by atoms with Crippen LogP contribution in [0.3, 0.4) is 0 Å². The third kappa shape index (κ3) is 2.41. The molecule has 2 aliphatic rings. The molecule has 1 N–H and O–H groups in total. The molecule has 6 nitrogen and oxygen atoms in total. The number of nitriles is 1. The number of rotatable bonds is 3. The summed E-state index contributed by atoms with van der Waals surface area (Å²) in [4.78, 5) is 14.4. The van der Waals surface area contributed by atoms with Crippen LogP contribution in [0.25, 0.3) is 0 Å². The van der Waals surface area contributed by atoms with Gasteiger partial charge in [-0.1, -0.05) is 30.3 Å². The summed E-state index contributed by atoms with van der Waals surface area (Å²) < 4.78 is 10.6. The minimum Gasteiger partial charge on any atom is -0.454 e. The van der Waals surface area contributed by atoms with Crippen molar-refractivity contribution >= 4 is 5.91 Å². The maximum Gasteiger partial charge on any atom is 0.255 e. The van der Waals surface area contributed by atoms with Gasteiger partial charge in [0.2, 0.25) is 6.79 Å². The largest absolute Gasteiger partial charge is 0.454 e. The summed E-state index contributed by atoms with van der Waals surface area (Å²) in [7, 11) is 0. The Hall–Kier alpha value is -3.04. The lowest BCUT2D eigenvalue weighted by Crippen LogP contribution is -2.65. The summed E-state index contributed by atoms with van der Waals surface area (Å²) in [5.74, 6) is 0.614. The number of carbonyl (C=O) groups is 1. The van der Waals surface area contributed by atoms with Crippen LogP contribution in [0, 0.1) is 11.3 Å². The van der Waals surface area contributed by atoms with E-state index >= 15 is 0 Å². The topological polar surface area (TPSA) is 82.8 Å². The highest BCUT2D eigenvalue weighted by Crippen LogP contribution is 2.42. The molecule has 126 valence electrons. The fourth-order valence-corrected chi connectivity index (χ4v) is 3.54. The Labute approximate surface area is 144 Å². The minimum atomic E-state index is -0.613. The van der Waals surface area contributed by atoms with E-state index in [1.54, 1.807) is 18.2 Å². The second kappa shape index (κ2) is 6.11. The fraction of sp³-hybridized carbons (Fsp3) is 0.263. The van der Waals surface area contributed by atoms with Crippen LogP contribution in [0.1, 0.15) is 21.8 Å².